The number of methoxy groups -OCH3 is 1. The van der Waals surface area contributed by atoms with E-state index in [9.17, 15) is 0 Å². The molecule has 1 atom stereocenters. The molecule has 122 valence electrons. The van der Waals surface area contributed by atoms with E-state index >= 15 is 0 Å². The largest absolute Gasteiger partial charge is 0.481 e. The zero-order valence-corrected chi connectivity index (χ0v) is 14.0. The maximum Gasteiger partial charge on any atom is 0.214 e. The average molecular weight is 332 g/mol. The molecule has 0 N–H and O–H groups in total. The summed E-state index contributed by atoms with van der Waals surface area (Å²) in [6.07, 6.45) is 2.54. The van der Waals surface area contributed by atoms with Crippen LogP contribution in [0.15, 0.2) is 12.1 Å². The van der Waals surface area contributed by atoms with Gasteiger partial charge in [0.2, 0.25) is 5.88 Å². The van der Waals surface area contributed by atoms with Crippen LogP contribution < -0.4 is 9.64 Å². The van der Waals surface area contributed by atoms with Gasteiger partial charge in [-0.05, 0) is 37.9 Å². The summed E-state index contributed by atoms with van der Waals surface area (Å²) in [5.74, 6) is 1.34. The Hall–Kier alpha value is -1.44. The van der Waals surface area contributed by atoms with Gasteiger partial charge in [-0.25, -0.2) is 9.97 Å². The van der Waals surface area contributed by atoms with E-state index in [4.69, 9.17) is 14.5 Å². The van der Waals surface area contributed by atoms with Crippen LogP contribution in [0.1, 0.15) is 12.8 Å². The SMILES string of the molecule is COc1ccc2nc(N3COC4(CN5CCC4CC5)C3)sc2n1. The number of anilines is 1. The Labute approximate surface area is 139 Å². The smallest absolute Gasteiger partial charge is 0.214 e. The number of hydrogen-bond acceptors (Lipinski definition) is 7. The molecule has 0 aliphatic carbocycles. The number of aromatic nitrogens is 2. The van der Waals surface area contributed by atoms with Gasteiger partial charge in [-0.3, -0.25) is 0 Å². The zero-order chi connectivity index (χ0) is 15.4. The van der Waals surface area contributed by atoms with Crippen LogP contribution in [0.5, 0.6) is 5.88 Å². The molecule has 7 heteroatoms. The maximum absolute atomic E-state index is 6.33. The molecular weight excluding hydrogens is 312 g/mol. The van der Waals surface area contributed by atoms with E-state index in [2.05, 4.69) is 14.8 Å². The lowest BCUT2D eigenvalue weighted by molar-refractivity contribution is -0.116. The average Bonchev–Trinajstić information content (AvgIpc) is 3.19. The fourth-order valence-electron chi connectivity index (χ4n) is 4.25. The van der Waals surface area contributed by atoms with Crippen molar-refractivity contribution >= 4 is 26.8 Å². The van der Waals surface area contributed by atoms with Gasteiger partial charge in [-0.2, -0.15) is 0 Å². The predicted molar refractivity (Wildman–Crippen MR) is 89.2 cm³/mol. The minimum Gasteiger partial charge on any atom is -0.481 e. The molecule has 0 radical (unpaired) electrons. The van der Waals surface area contributed by atoms with Gasteiger partial charge >= 0.3 is 0 Å². The third kappa shape index (κ3) is 2.14. The van der Waals surface area contributed by atoms with Crippen LogP contribution in [0.2, 0.25) is 0 Å². The van der Waals surface area contributed by atoms with Crippen molar-refractivity contribution in [3.63, 3.8) is 0 Å². The molecule has 0 amide bonds. The summed E-state index contributed by atoms with van der Waals surface area (Å²) >= 11 is 1.62. The van der Waals surface area contributed by atoms with Gasteiger partial charge in [0.05, 0.1) is 13.7 Å². The number of fused-ring (bicyclic) bond motifs is 3. The second-order valence-electron chi connectivity index (χ2n) is 6.76. The molecule has 0 aromatic carbocycles. The summed E-state index contributed by atoms with van der Waals surface area (Å²) in [5.41, 5.74) is 0.945. The van der Waals surface area contributed by atoms with Gasteiger partial charge in [0.25, 0.3) is 0 Å². The Morgan fingerprint density at radius 1 is 1.26 bits per heavy atom. The lowest BCUT2D eigenvalue weighted by Crippen LogP contribution is -2.61. The molecule has 4 fully saturated rings. The molecule has 6 nitrogen and oxygen atoms in total. The van der Waals surface area contributed by atoms with Crippen LogP contribution >= 0.6 is 11.3 Å². The third-order valence-corrected chi connectivity index (χ3v) is 6.51. The first-order valence-electron chi connectivity index (χ1n) is 8.19. The quantitative estimate of drug-likeness (QED) is 0.838. The molecule has 4 aliphatic heterocycles. The number of piperidine rings is 3. The highest BCUT2D eigenvalue weighted by molar-refractivity contribution is 7.21. The Morgan fingerprint density at radius 2 is 2.13 bits per heavy atom. The van der Waals surface area contributed by atoms with Gasteiger partial charge < -0.3 is 19.3 Å². The second kappa shape index (κ2) is 5.03. The maximum atomic E-state index is 6.33. The van der Waals surface area contributed by atoms with Crippen molar-refractivity contribution in [3.05, 3.63) is 12.1 Å². The Kier molecular flexibility index (Phi) is 3.05. The molecule has 0 saturated carbocycles. The molecule has 4 aliphatic rings. The van der Waals surface area contributed by atoms with Crippen LogP contribution in [0.3, 0.4) is 0 Å². The van der Waals surface area contributed by atoms with E-state index in [-0.39, 0.29) is 5.60 Å². The molecule has 2 aromatic heterocycles. The lowest BCUT2D eigenvalue weighted by Gasteiger charge is -2.50. The molecule has 23 heavy (non-hydrogen) atoms. The van der Waals surface area contributed by atoms with Crippen LogP contribution in [0.4, 0.5) is 5.13 Å². The zero-order valence-electron chi connectivity index (χ0n) is 13.2. The highest BCUT2D eigenvalue weighted by atomic mass is 32.1. The summed E-state index contributed by atoms with van der Waals surface area (Å²) in [4.78, 5) is 15.0. The number of ether oxygens (including phenoxy) is 2. The summed E-state index contributed by atoms with van der Waals surface area (Å²) < 4.78 is 11.5. The molecule has 2 bridgehead atoms. The fourth-order valence-corrected chi connectivity index (χ4v) is 5.17. The topological polar surface area (TPSA) is 50.7 Å². The molecule has 4 saturated heterocycles. The first kappa shape index (κ1) is 13.9. The number of pyridine rings is 1. The van der Waals surface area contributed by atoms with Gasteiger partial charge in [-0.1, -0.05) is 11.3 Å². The van der Waals surface area contributed by atoms with Gasteiger partial charge in [0.15, 0.2) is 5.13 Å². The van der Waals surface area contributed by atoms with Crippen molar-refractivity contribution in [2.24, 2.45) is 5.92 Å². The number of thiazole rings is 1. The monoisotopic (exact) mass is 332 g/mol. The van der Waals surface area contributed by atoms with Crippen molar-refractivity contribution in [3.8, 4) is 5.88 Å². The van der Waals surface area contributed by atoms with E-state index in [1.807, 2.05) is 12.1 Å². The highest BCUT2D eigenvalue weighted by Crippen LogP contribution is 2.43. The number of nitrogens with zero attached hydrogens (tertiary/aromatic N) is 4. The van der Waals surface area contributed by atoms with E-state index in [0.717, 1.165) is 28.6 Å². The lowest BCUT2D eigenvalue weighted by atomic mass is 9.75. The van der Waals surface area contributed by atoms with Gasteiger partial charge in [0, 0.05) is 12.6 Å². The number of rotatable bonds is 2. The van der Waals surface area contributed by atoms with Crippen molar-refractivity contribution in [2.45, 2.75) is 18.4 Å². The Morgan fingerprint density at radius 3 is 2.87 bits per heavy atom. The van der Waals surface area contributed by atoms with Crippen molar-refractivity contribution in [1.82, 2.24) is 14.9 Å². The predicted octanol–water partition coefficient (Wildman–Crippen LogP) is 1.96. The van der Waals surface area contributed by atoms with Crippen molar-refractivity contribution in [2.75, 3.05) is 44.9 Å². The molecule has 1 spiro atoms. The molecule has 6 rings (SSSR count). The summed E-state index contributed by atoms with van der Waals surface area (Å²) in [5, 5.41) is 1.01. The van der Waals surface area contributed by atoms with E-state index in [1.165, 1.54) is 25.9 Å². The van der Waals surface area contributed by atoms with Crippen molar-refractivity contribution < 1.29 is 9.47 Å². The van der Waals surface area contributed by atoms with Crippen LogP contribution in [-0.2, 0) is 4.74 Å². The summed E-state index contributed by atoms with van der Waals surface area (Å²) in [6, 6.07) is 3.84. The van der Waals surface area contributed by atoms with E-state index in [1.54, 1.807) is 18.4 Å². The van der Waals surface area contributed by atoms with Crippen LogP contribution in [-0.4, -0.2) is 60.5 Å². The Balaban J connectivity index is 1.43. The van der Waals surface area contributed by atoms with E-state index in [0.29, 0.717) is 18.5 Å². The Bertz CT molecular complexity index is 743. The minimum absolute atomic E-state index is 0.0134. The minimum atomic E-state index is 0.0134. The van der Waals surface area contributed by atoms with Crippen LogP contribution in [0.25, 0.3) is 10.3 Å². The van der Waals surface area contributed by atoms with E-state index < -0.39 is 0 Å². The summed E-state index contributed by atoms with van der Waals surface area (Å²) in [6.45, 7) is 5.14. The second-order valence-corrected chi connectivity index (χ2v) is 7.72. The molecule has 1 unspecified atom stereocenters. The normalized spacial score (nSPS) is 33.0. The summed E-state index contributed by atoms with van der Waals surface area (Å²) in [7, 11) is 1.64. The molecule has 2 aromatic rings. The van der Waals surface area contributed by atoms with Gasteiger partial charge in [0.1, 0.15) is 22.7 Å². The third-order valence-electron chi connectivity index (χ3n) is 5.49. The van der Waals surface area contributed by atoms with Crippen molar-refractivity contribution in [1.29, 1.82) is 0 Å². The van der Waals surface area contributed by atoms with Gasteiger partial charge in [-0.15, -0.1) is 0 Å². The number of hydrogen-bond donors (Lipinski definition) is 0. The first-order valence-corrected chi connectivity index (χ1v) is 9.00. The fraction of sp³-hybridized carbons (Fsp3) is 0.625. The first-order chi connectivity index (χ1) is 11.3. The van der Waals surface area contributed by atoms with Crippen LogP contribution in [0, 0.1) is 5.92 Å². The molecule has 6 heterocycles. The highest BCUT2D eigenvalue weighted by Gasteiger charge is 2.52. The standard InChI is InChI=1S/C16H20N4O2S/c1-21-13-3-2-12-14(18-13)23-15(17-12)20-9-16(22-10-20)8-19-6-4-11(16)5-7-19/h2-3,11H,4-10H2,1H3. The molecular formula is C16H20N4O2S.